The fourth-order valence-corrected chi connectivity index (χ4v) is 1.50. The van der Waals surface area contributed by atoms with Gasteiger partial charge in [0.25, 0.3) is 0 Å². The van der Waals surface area contributed by atoms with Crippen LogP contribution >= 0.6 is 0 Å². The lowest BCUT2D eigenvalue weighted by molar-refractivity contribution is -0.133. The zero-order valence-electron chi connectivity index (χ0n) is 11.8. The molecule has 1 aromatic rings. The highest BCUT2D eigenvalue weighted by Crippen LogP contribution is 2.15. The maximum Gasteiger partial charge on any atom is 0.249 e. The standard InChI is InChI=1S/C14H23NO3/c1-9(2)8-17-12(5)14(16)15-11(4)13-7-6-10(3)18-13/h6-7,9,11-12H,8H2,1-5H3,(H,15,16). The number of aryl methyl sites for hydroxylation is 1. The quantitative estimate of drug-likeness (QED) is 0.848. The van der Waals surface area contributed by atoms with Crippen LogP contribution in [0.1, 0.15) is 45.3 Å². The van der Waals surface area contributed by atoms with Crippen molar-refractivity contribution in [3.63, 3.8) is 0 Å². The molecule has 1 heterocycles. The lowest BCUT2D eigenvalue weighted by Gasteiger charge is -2.17. The molecule has 1 aromatic heterocycles. The highest BCUT2D eigenvalue weighted by molar-refractivity contribution is 5.80. The monoisotopic (exact) mass is 253 g/mol. The molecular weight excluding hydrogens is 230 g/mol. The number of furan rings is 1. The van der Waals surface area contributed by atoms with Gasteiger partial charge in [0.1, 0.15) is 17.6 Å². The summed E-state index contributed by atoms with van der Waals surface area (Å²) in [6.45, 7) is 10.2. The molecule has 102 valence electrons. The Morgan fingerprint density at radius 1 is 1.33 bits per heavy atom. The number of rotatable bonds is 6. The molecule has 2 unspecified atom stereocenters. The first-order valence-corrected chi connectivity index (χ1v) is 6.38. The van der Waals surface area contributed by atoms with Crippen LogP contribution in [0.25, 0.3) is 0 Å². The van der Waals surface area contributed by atoms with Gasteiger partial charge in [-0.15, -0.1) is 0 Å². The molecule has 1 amide bonds. The van der Waals surface area contributed by atoms with Gasteiger partial charge in [0.15, 0.2) is 0 Å². The second-order valence-electron chi connectivity index (χ2n) is 5.05. The van der Waals surface area contributed by atoms with Crippen molar-refractivity contribution in [3.05, 3.63) is 23.7 Å². The minimum Gasteiger partial charge on any atom is -0.464 e. The molecule has 0 spiro atoms. The summed E-state index contributed by atoms with van der Waals surface area (Å²) < 4.78 is 10.9. The van der Waals surface area contributed by atoms with E-state index in [2.05, 4.69) is 19.2 Å². The van der Waals surface area contributed by atoms with Crippen LogP contribution in [0.2, 0.25) is 0 Å². The number of carbonyl (C=O) groups is 1. The minimum absolute atomic E-state index is 0.114. The molecule has 18 heavy (non-hydrogen) atoms. The lowest BCUT2D eigenvalue weighted by atomic mass is 10.2. The van der Waals surface area contributed by atoms with Crippen LogP contribution in [0.4, 0.5) is 0 Å². The highest BCUT2D eigenvalue weighted by atomic mass is 16.5. The number of amides is 1. The van der Waals surface area contributed by atoms with Crippen molar-refractivity contribution in [1.29, 1.82) is 0 Å². The van der Waals surface area contributed by atoms with Gasteiger partial charge < -0.3 is 14.5 Å². The predicted molar refractivity (Wildman–Crippen MR) is 70.3 cm³/mol. The first-order valence-electron chi connectivity index (χ1n) is 6.38. The number of carbonyl (C=O) groups excluding carboxylic acids is 1. The molecule has 0 fully saturated rings. The third-order valence-electron chi connectivity index (χ3n) is 2.60. The van der Waals surface area contributed by atoms with Gasteiger partial charge in [0.2, 0.25) is 5.91 Å². The largest absolute Gasteiger partial charge is 0.464 e. The van der Waals surface area contributed by atoms with E-state index in [0.717, 1.165) is 11.5 Å². The number of ether oxygens (including phenoxy) is 1. The Hall–Kier alpha value is -1.29. The van der Waals surface area contributed by atoms with Gasteiger partial charge in [-0.1, -0.05) is 13.8 Å². The van der Waals surface area contributed by atoms with Crippen molar-refractivity contribution in [2.24, 2.45) is 5.92 Å². The van der Waals surface area contributed by atoms with Crippen molar-refractivity contribution in [1.82, 2.24) is 5.32 Å². The van der Waals surface area contributed by atoms with Gasteiger partial charge in [0.05, 0.1) is 6.04 Å². The topological polar surface area (TPSA) is 51.5 Å². The van der Waals surface area contributed by atoms with E-state index < -0.39 is 6.10 Å². The second kappa shape index (κ2) is 6.59. The summed E-state index contributed by atoms with van der Waals surface area (Å²) in [5.74, 6) is 1.91. The van der Waals surface area contributed by atoms with Crippen molar-refractivity contribution in [2.45, 2.75) is 46.8 Å². The van der Waals surface area contributed by atoms with Crippen LogP contribution in [-0.4, -0.2) is 18.6 Å². The zero-order chi connectivity index (χ0) is 13.7. The van der Waals surface area contributed by atoms with E-state index in [1.807, 2.05) is 26.0 Å². The molecule has 0 radical (unpaired) electrons. The maximum atomic E-state index is 11.9. The molecule has 1 rings (SSSR count). The zero-order valence-corrected chi connectivity index (χ0v) is 11.8. The van der Waals surface area contributed by atoms with E-state index >= 15 is 0 Å². The van der Waals surface area contributed by atoms with E-state index in [1.165, 1.54) is 0 Å². The normalized spacial score (nSPS) is 14.6. The molecule has 2 atom stereocenters. The van der Waals surface area contributed by atoms with Crippen LogP contribution in [0, 0.1) is 12.8 Å². The summed E-state index contributed by atoms with van der Waals surface area (Å²) in [6.07, 6.45) is -0.439. The molecule has 0 aliphatic rings. The minimum atomic E-state index is -0.439. The van der Waals surface area contributed by atoms with Gasteiger partial charge in [-0.3, -0.25) is 4.79 Å². The third-order valence-corrected chi connectivity index (χ3v) is 2.60. The van der Waals surface area contributed by atoms with E-state index in [-0.39, 0.29) is 11.9 Å². The molecule has 0 saturated heterocycles. The molecule has 0 aromatic carbocycles. The molecule has 1 N–H and O–H groups in total. The summed E-state index contributed by atoms with van der Waals surface area (Å²) in [7, 11) is 0. The molecule has 0 aliphatic heterocycles. The van der Waals surface area contributed by atoms with Gasteiger partial charge in [-0.2, -0.15) is 0 Å². The summed E-state index contributed by atoms with van der Waals surface area (Å²) in [6, 6.07) is 3.62. The van der Waals surface area contributed by atoms with Gasteiger partial charge >= 0.3 is 0 Å². The smallest absolute Gasteiger partial charge is 0.249 e. The molecule has 4 nitrogen and oxygen atoms in total. The first kappa shape index (κ1) is 14.8. The van der Waals surface area contributed by atoms with Crippen LogP contribution in [0.5, 0.6) is 0 Å². The highest BCUT2D eigenvalue weighted by Gasteiger charge is 2.18. The van der Waals surface area contributed by atoms with E-state index in [0.29, 0.717) is 12.5 Å². The molecular formula is C14H23NO3. The summed E-state index contributed by atoms with van der Waals surface area (Å²) in [5, 5.41) is 2.88. The molecule has 0 saturated carbocycles. The Labute approximate surface area is 109 Å². The van der Waals surface area contributed by atoms with Crippen LogP contribution in [-0.2, 0) is 9.53 Å². The average molecular weight is 253 g/mol. The fraction of sp³-hybridized carbons (Fsp3) is 0.643. The molecule has 0 aliphatic carbocycles. The van der Waals surface area contributed by atoms with Crippen molar-refractivity contribution < 1.29 is 13.9 Å². The number of hydrogen-bond acceptors (Lipinski definition) is 3. The number of hydrogen-bond donors (Lipinski definition) is 1. The summed E-state index contributed by atoms with van der Waals surface area (Å²) in [5.41, 5.74) is 0. The Balaban J connectivity index is 2.44. The van der Waals surface area contributed by atoms with Crippen LogP contribution in [0.15, 0.2) is 16.5 Å². The van der Waals surface area contributed by atoms with Gasteiger partial charge in [0, 0.05) is 6.61 Å². The molecule has 0 bridgehead atoms. The average Bonchev–Trinajstić information content (AvgIpc) is 2.72. The SMILES string of the molecule is Cc1ccc(C(C)NC(=O)C(C)OCC(C)C)o1. The van der Waals surface area contributed by atoms with E-state index in [9.17, 15) is 4.79 Å². The summed E-state index contributed by atoms with van der Waals surface area (Å²) >= 11 is 0. The van der Waals surface area contributed by atoms with Crippen LogP contribution < -0.4 is 5.32 Å². The third kappa shape index (κ3) is 4.53. The first-order chi connectivity index (χ1) is 8.40. The Morgan fingerprint density at radius 2 is 2.00 bits per heavy atom. The van der Waals surface area contributed by atoms with Crippen molar-refractivity contribution >= 4 is 5.91 Å². The lowest BCUT2D eigenvalue weighted by Crippen LogP contribution is -2.36. The van der Waals surface area contributed by atoms with E-state index in [4.69, 9.17) is 9.15 Å². The Kier molecular flexibility index (Phi) is 5.41. The van der Waals surface area contributed by atoms with Crippen molar-refractivity contribution in [2.75, 3.05) is 6.61 Å². The molecule has 4 heteroatoms. The Bertz CT molecular complexity index is 384. The summed E-state index contributed by atoms with van der Waals surface area (Å²) in [4.78, 5) is 11.9. The van der Waals surface area contributed by atoms with Gasteiger partial charge in [-0.05, 0) is 38.8 Å². The second-order valence-corrected chi connectivity index (χ2v) is 5.05. The van der Waals surface area contributed by atoms with E-state index in [1.54, 1.807) is 6.92 Å². The predicted octanol–water partition coefficient (Wildman–Crippen LogP) is 2.83. The van der Waals surface area contributed by atoms with Gasteiger partial charge in [-0.25, -0.2) is 0 Å². The maximum absolute atomic E-state index is 11.9. The number of nitrogens with one attached hydrogen (secondary N) is 1. The fourth-order valence-electron chi connectivity index (χ4n) is 1.50. The van der Waals surface area contributed by atoms with Crippen molar-refractivity contribution in [3.8, 4) is 0 Å². The van der Waals surface area contributed by atoms with Crippen LogP contribution in [0.3, 0.4) is 0 Å². The Morgan fingerprint density at radius 3 is 2.50 bits per heavy atom.